The highest BCUT2D eigenvalue weighted by atomic mass is 79.9. The first-order chi connectivity index (χ1) is 9.49. The molecule has 2 aromatic rings. The summed E-state index contributed by atoms with van der Waals surface area (Å²) in [6.07, 6.45) is 0.942. The van der Waals surface area contributed by atoms with Gasteiger partial charge in [-0.25, -0.2) is 9.97 Å². The van der Waals surface area contributed by atoms with Crippen LogP contribution in [0.25, 0.3) is 0 Å². The third-order valence-electron chi connectivity index (χ3n) is 2.94. The van der Waals surface area contributed by atoms with Crippen LogP contribution in [0.4, 0.5) is 11.5 Å². The van der Waals surface area contributed by atoms with Gasteiger partial charge in [-0.05, 0) is 30.2 Å². The fourth-order valence-corrected chi connectivity index (χ4v) is 2.47. The molecule has 0 aliphatic rings. The number of aromatic nitrogens is 2. The molecule has 1 aromatic carbocycles. The molecular formula is C15H17BrClN3. The summed E-state index contributed by atoms with van der Waals surface area (Å²) >= 11 is 9.55. The van der Waals surface area contributed by atoms with Gasteiger partial charge in [0.25, 0.3) is 0 Å². The molecule has 0 fully saturated rings. The minimum Gasteiger partial charge on any atom is -0.340 e. The second-order valence-corrected chi connectivity index (χ2v) is 6.17. The van der Waals surface area contributed by atoms with E-state index in [0.717, 1.165) is 28.2 Å². The predicted octanol–water partition coefficient (Wildman–Crippen LogP) is 5.32. The van der Waals surface area contributed by atoms with Crippen molar-refractivity contribution in [2.75, 3.05) is 5.32 Å². The first-order valence-corrected chi connectivity index (χ1v) is 7.76. The van der Waals surface area contributed by atoms with Crippen LogP contribution in [0.5, 0.6) is 0 Å². The lowest BCUT2D eigenvalue weighted by Gasteiger charge is -2.13. The van der Waals surface area contributed by atoms with Gasteiger partial charge in [0.1, 0.15) is 16.8 Å². The topological polar surface area (TPSA) is 37.8 Å². The fourth-order valence-electron chi connectivity index (χ4n) is 1.87. The molecule has 0 aliphatic heterocycles. The number of rotatable bonds is 4. The minimum atomic E-state index is 0.241. The molecular weight excluding hydrogens is 338 g/mol. The van der Waals surface area contributed by atoms with Crippen molar-refractivity contribution in [3.63, 3.8) is 0 Å². The summed E-state index contributed by atoms with van der Waals surface area (Å²) in [5.74, 6) is 1.71. The van der Waals surface area contributed by atoms with Crippen LogP contribution in [0.2, 0.25) is 5.15 Å². The molecule has 20 heavy (non-hydrogen) atoms. The van der Waals surface area contributed by atoms with E-state index >= 15 is 0 Å². The van der Waals surface area contributed by atoms with Crippen LogP contribution >= 0.6 is 27.5 Å². The van der Waals surface area contributed by atoms with E-state index < -0.39 is 0 Å². The number of nitrogens with one attached hydrogen (secondary N) is 1. The van der Waals surface area contributed by atoms with Crippen LogP contribution in [-0.2, 0) is 6.42 Å². The fraction of sp³-hybridized carbons (Fsp3) is 0.333. The molecule has 5 heteroatoms. The zero-order valence-electron chi connectivity index (χ0n) is 11.7. The van der Waals surface area contributed by atoms with Crippen LogP contribution < -0.4 is 5.32 Å². The van der Waals surface area contributed by atoms with E-state index in [1.165, 1.54) is 5.56 Å². The standard InChI is InChI=1S/C15H17BrClN3/c1-4-10-7-11(16)5-6-12(10)18-14-8-13(17)19-15(20-14)9(2)3/h5-9H,4H2,1-3H3,(H,18,19,20). The highest BCUT2D eigenvalue weighted by molar-refractivity contribution is 9.10. The normalized spacial score (nSPS) is 10.9. The average molecular weight is 355 g/mol. The molecule has 0 spiro atoms. The number of halogens is 2. The van der Waals surface area contributed by atoms with Gasteiger partial charge in [-0.15, -0.1) is 0 Å². The first kappa shape index (κ1) is 15.3. The summed E-state index contributed by atoms with van der Waals surface area (Å²) in [6.45, 7) is 6.22. The quantitative estimate of drug-likeness (QED) is 0.755. The molecule has 106 valence electrons. The maximum atomic E-state index is 6.06. The Morgan fingerprint density at radius 2 is 2.00 bits per heavy atom. The Bertz CT molecular complexity index is 614. The number of hydrogen-bond acceptors (Lipinski definition) is 3. The molecule has 1 heterocycles. The number of anilines is 2. The van der Waals surface area contributed by atoms with Gasteiger partial charge < -0.3 is 5.32 Å². The molecule has 0 radical (unpaired) electrons. The molecule has 3 nitrogen and oxygen atoms in total. The van der Waals surface area contributed by atoms with E-state index in [4.69, 9.17) is 11.6 Å². The Labute approximate surface area is 132 Å². The summed E-state index contributed by atoms with van der Waals surface area (Å²) in [4.78, 5) is 8.75. The van der Waals surface area contributed by atoms with E-state index in [9.17, 15) is 0 Å². The van der Waals surface area contributed by atoms with Crippen LogP contribution in [0.1, 0.15) is 38.1 Å². The van der Waals surface area contributed by atoms with Crippen LogP contribution in [0.15, 0.2) is 28.7 Å². The van der Waals surface area contributed by atoms with Crippen molar-refractivity contribution in [2.24, 2.45) is 0 Å². The Morgan fingerprint density at radius 3 is 2.65 bits per heavy atom. The Morgan fingerprint density at radius 1 is 1.25 bits per heavy atom. The Balaban J connectivity index is 2.34. The van der Waals surface area contributed by atoms with Crippen molar-refractivity contribution in [1.29, 1.82) is 0 Å². The van der Waals surface area contributed by atoms with Gasteiger partial charge in [-0.1, -0.05) is 48.3 Å². The van der Waals surface area contributed by atoms with Gasteiger partial charge in [0, 0.05) is 22.1 Å². The monoisotopic (exact) mass is 353 g/mol. The lowest BCUT2D eigenvalue weighted by molar-refractivity contribution is 0.776. The van der Waals surface area contributed by atoms with Crippen molar-refractivity contribution < 1.29 is 0 Å². The van der Waals surface area contributed by atoms with Crippen molar-refractivity contribution >= 4 is 39.0 Å². The summed E-state index contributed by atoms with van der Waals surface area (Å²) in [5.41, 5.74) is 2.26. The molecule has 0 saturated carbocycles. The molecule has 0 unspecified atom stereocenters. The number of aryl methyl sites for hydroxylation is 1. The number of nitrogens with zero attached hydrogens (tertiary/aromatic N) is 2. The summed E-state index contributed by atoms with van der Waals surface area (Å²) in [7, 11) is 0. The third-order valence-corrected chi connectivity index (χ3v) is 3.63. The number of benzene rings is 1. The van der Waals surface area contributed by atoms with Crippen molar-refractivity contribution in [2.45, 2.75) is 33.1 Å². The second-order valence-electron chi connectivity index (χ2n) is 4.87. The van der Waals surface area contributed by atoms with Crippen LogP contribution in [-0.4, -0.2) is 9.97 Å². The maximum absolute atomic E-state index is 6.06. The van der Waals surface area contributed by atoms with E-state index in [1.54, 1.807) is 6.07 Å². The lowest BCUT2D eigenvalue weighted by Crippen LogP contribution is -2.03. The van der Waals surface area contributed by atoms with Gasteiger partial charge in [0.05, 0.1) is 0 Å². The number of hydrogen-bond donors (Lipinski definition) is 1. The molecule has 0 atom stereocenters. The molecule has 0 bridgehead atoms. The maximum Gasteiger partial charge on any atom is 0.135 e. The van der Waals surface area contributed by atoms with Crippen LogP contribution in [0.3, 0.4) is 0 Å². The van der Waals surface area contributed by atoms with Gasteiger partial charge in [-0.2, -0.15) is 0 Å². The molecule has 2 rings (SSSR count). The minimum absolute atomic E-state index is 0.241. The van der Waals surface area contributed by atoms with E-state index in [-0.39, 0.29) is 5.92 Å². The molecule has 0 saturated heterocycles. The van der Waals surface area contributed by atoms with Crippen molar-refractivity contribution in [3.8, 4) is 0 Å². The lowest BCUT2D eigenvalue weighted by atomic mass is 10.1. The largest absolute Gasteiger partial charge is 0.340 e. The van der Waals surface area contributed by atoms with Crippen LogP contribution in [0, 0.1) is 0 Å². The smallest absolute Gasteiger partial charge is 0.135 e. The SMILES string of the molecule is CCc1cc(Br)ccc1Nc1cc(Cl)nc(C(C)C)n1. The van der Waals surface area contributed by atoms with Crippen molar-refractivity contribution in [1.82, 2.24) is 9.97 Å². The molecule has 1 N–H and O–H groups in total. The Kier molecular flexibility index (Phi) is 5.00. The average Bonchev–Trinajstić information content (AvgIpc) is 2.40. The third kappa shape index (κ3) is 3.70. The predicted molar refractivity (Wildman–Crippen MR) is 87.9 cm³/mol. The van der Waals surface area contributed by atoms with E-state index in [1.807, 2.05) is 26.0 Å². The van der Waals surface area contributed by atoms with Gasteiger partial charge in [-0.3, -0.25) is 0 Å². The summed E-state index contributed by atoms with van der Waals surface area (Å²) < 4.78 is 1.07. The molecule has 0 aliphatic carbocycles. The molecule has 1 aromatic heterocycles. The zero-order chi connectivity index (χ0) is 14.7. The van der Waals surface area contributed by atoms with Gasteiger partial charge in [0.15, 0.2) is 0 Å². The van der Waals surface area contributed by atoms with E-state index in [2.05, 4.69) is 44.2 Å². The first-order valence-electron chi connectivity index (χ1n) is 6.59. The summed E-state index contributed by atoms with van der Waals surface area (Å²) in [5, 5.41) is 3.79. The molecule has 0 amide bonds. The van der Waals surface area contributed by atoms with E-state index in [0.29, 0.717) is 5.15 Å². The van der Waals surface area contributed by atoms with Gasteiger partial charge >= 0.3 is 0 Å². The highest BCUT2D eigenvalue weighted by Gasteiger charge is 2.09. The Hall–Kier alpha value is -1.13. The van der Waals surface area contributed by atoms with Gasteiger partial charge in [0.2, 0.25) is 0 Å². The highest BCUT2D eigenvalue weighted by Crippen LogP contribution is 2.26. The second kappa shape index (κ2) is 6.55. The summed E-state index contributed by atoms with van der Waals surface area (Å²) in [6, 6.07) is 7.89. The van der Waals surface area contributed by atoms with Crippen molar-refractivity contribution in [3.05, 3.63) is 45.3 Å². The zero-order valence-corrected chi connectivity index (χ0v) is 14.1.